The Morgan fingerprint density at radius 3 is 2.76 bits per heavy atom. The minimum absolute atomic E-state index is 0.212. The zero-order valence-corrected chi connectivity index (χ0v) is 13.2. The zero-order valence-electron chi connectivity index (χ0n) is 11.0. The first-order valence-corrected chi connectivity index (χ1v) is 7.47. The molecule has 2 N–H and O–H groups in total. The van der Waals surface area contributed by atoms with Gasteiger partial charge in [0.2, 0.25) is 0 Å². The maximum absolute atomic E-state index is 12.0. The zero-order chi connectivity index (χ0) is 14.7. The van der Waals surface area contributed by atoms with Crippen molar-refractivity contribution in [3.05, 3.63) is 69.4 Å². The molecule has 0 saturated heterocycles. The van der Waals surface area contributed by atoms with Crippen LogP contribution in [-0.4, -0.2) is 17.1 Å². The van der Waals surface area contributed by atoms with Crippen molar-refractivity contribution in [2.45, 2.75) is 0 Å². The van der Waals surface area contributed by atoms with Crippen molar-refractivity contribution in [2.24, 2.45) is 5.10 Å². The highest BCUT2D eigenvalue weighted by atomic mass is 127. The van der Waals surface area contributed by atoms with E-state index in [0.717, 1.165) is 20.0 Å². The van der Waals surface area contributed by atoms with E-state index < -0.39 is 0 Å². The number of nitrogens with one attached hydrogen (secondary N) is 2. The van der Waals surface area contributed by atoms with Crippen LogP contribution in [0.4, 0.5) is 0 Å². The molecule has 1 amide bonds. The fraction of sp³-hybridized carbons (Fsp3) is 0. The molecule has 0 atom stereocenters. The molecule has 5 heteroatoms. The van der Waals surface area contributed by atoms with E-state index in [1.165, 1.54) is 0 Å². The second-order valence-electron chi connectivity index (χ2n) is 4.47. The summed E-state index contributed by atoms with van der Waals surface area (Å²) >= 11 is 2.13. The number of carbonyl (C=O) groups excluding carboxylic acids is 1. The van der Waals surface area contributed by atoms with Crippen LogP contribution in [-0.2, 0) is 0 Å². The number of hydrazone groups is 1. The Kier molecular flexibility index (Phi) is 4.01. The molecule has 104 valence electrons. The largest absolute Gasteiger partial charge is 0.361 e. The van der Waals surface area contributed by atoms with E-state index in [-0.39, 0.29) is 5.91 Å². The fourth-order valence-corrected chi connectivity index (χ4v) is 2.70. The number of H-pyrrole nitrogens is 1. The molecule has 0 aliphatic carbocycles. The Morgan fingerprint density at radius 2 is 1.90 bits per heavy atom. The molecule has 21 heavy (non-hydrogen) atoms. The SMILES string of the molecule is O=C(N/N=C/c1c[nH]c2ccccc12)c1ccccc1I. The topological polar surface area (TPSA) is 57.2 Å². The maximum Gasteiger partial charge on any atom is 0.272 e. The number of nitrogens with zero attached hydrogens (tertiary/aromatic N) is 1. The molecule has 2 aromatic carbocycles. The molecular weight excluding hydrogens is 377 g/mol. The Balaban J connectivity index is 1.76. The van der Waals surface area contributed by atoms with Gasteiger partial charge in [0.25, 0.3) is 5.91 Å². The normalized spacial score (nSPS) is 11.1. The third-order valence-electron chi connectivity index (χ3n) is 3.11. The van der Waals surface area contributed by atoms with Crippen LogP contribution in [0.5, 0.6) is 0 Å². The van der Waals surface area contributed by atoms with E-state index in [1.807, 2.05) is 48.7 Å². The Bertz CT molecular complexity index is 823. The van der Waals surface area contributed by atoms with Crippen LogP contribution in [0.3, 0.4) is 0 Å². The smallest absolute Gasteiger partial charge is 0.272 e. The minimum atomic E-state index is -0.212. The van der Waals surface area contributed by atoms with Gasteiger partial charge in [-0.05, 0) is 40.8 Å². The van der Waals surface area contributed by atoms with E-state index in [0.29, 0.717) is 5.56 Å². The van der Waals surface area contributed by atoms with E-state index in [2.05, 4.69) is 38.1 Å². The highest BCUT2D eigenvalue weighted by Gasteiger charge is 2.07. The van der Waals surface area contributed by atoms with Crippen LogP contribution >= 0.6 is 22.6 Å². The number of aromatic amines is 1. The van der Waals surface area contributed by atoms with Gasteiger partial charge in [-0.1, -0.05) is 30.3 Å². The second kappa shape index (κ2) is 6.09. The minimum Gasteiger partial charge on any atom is -0.361 e. The number of amides is 1. The summed E-state index contributed by atoms with van der Waals surface area (Å²) in [6.45, 7) is 0. The molecule has 0 aliphatic rings. The number of hydrogen-bond acceptors (Lipinski definition) is 2. The maximum atomic E-state index is 12.0. The Hall–Kier alpha value is -2.15. The van der Waals surface area contributed by atoms with Crippen molar-refractivity contribution in [1.29, 1.82) is 0 Å². The van der Waals surface area contributed by atoms with Crippen LogP contribution in [0.1, 0.15) is 15.9 Å². The third kappa shape index (κ3) is 2.97. The van der Waals surface area contributed by atoms with Gasteiger partial charge in [0.1, 0.15) is 0 Å². The van der Waals surface area contributed by atoms with E-state index in [9.17, 15) is 4.79 Å². The van der Waals surface area contributed by atoms with Gasteiger partial charge < -0.3 is 4.98 Å². The number of aromatic nitrogens is 1. The molecule has 3 aromatic rings. The first kappa shape index (κ1) is 13.8. The molecule has 4 nitrogen and oxygen atoms in total. The summed E-state index contributed by atoms with van der Waals surface area (Å²) < 4.78 is 0.898. The molecule has 0 saturated carbocycles. The number of hydrogen-bond donors (Lipinski definition) is 2. The third-order valence-corrected chi connectivity index (χ3v) is 4.05. The Morgan fingerprint density at radius 1 is 1.14 bits per heavy atom. The average molecular weight is 389 g/mol. The summed E-state index contributed by atoms with van der Waals surface area (Å²) in [4.78, 5) is 15.2. The van der Waals surface area contributed by atoms with Crippen molar-refractivity contribution in [3.8, 4) is 0 Å². The molecule has 3 rings (SSSR count). The first-order valence-electron chi connectivity index (χ1n) is 6.40. The molecule has 1 heterocycles. The van der Waals surface area contributed by atoms with Crippen molar-refractivity contribution >= 4 is 45.6 Å². The molecule has 1 aromatic heterocycles. The lowest BCUT2D eigenvalue weighted by molar-refractivity contribution is 0.0954. The number of carbonyl (C=O) groups is 1. The monoisotopic (exact) mass is 389 g/mol. The van der Waals surface area contributed by atoms with E-state index in [1.54, 1.807) is 12.3 Å². The quantitative estimate of drug-likeness (QED) is 0.402. The Labute approximate surface area is 135 Å². The van der Waals surface area contributed by atoms with Crippen molar-refractivity contribution in [3.63, 3.8) is 0 Å². The number of para-hydroxylation sites is 1. The lowest BCUT2D eigenvalue weighted by atomic mass is 10.2. The number of halogens is 1. The second-order valence-corrected chi connectivity index (χ2v) is 5.63. The summed E-state index contributed by atoms with van der Waals surface area (Å²) in [5.74, 6) is -0.212. The van der Waals surface area contributed by atoms with E-state index >= 15 is 0 Å². The summed E-state index contributed by atoms with van der Waals surface area (Å²) in [7, 11) is 0. The number of benzene rings is 2. The van der Waals surface area contributed by atoms with Crippen molar-refractivity contribution < 1.29 is 4.79 Å². The first-order chi connectivity index (χ1) is 10.3. The molecule has 0 spiro atoms. The van der Waals surface area contributed by atoms with E-state index in [4.69, 9.17) is 0 Å². The van der Waals surface area contributed by atoms with Gasteiger partial charge in [-0.2, -0.15) is 5.10 Å². The molecule has 0 bridgehead atoms. The van der Waals surface area contributed by atoms with Crippen LogP contribution in [0, 0.1) is 3.57 Å². The molecular formula is C16H12IN3O. The summed E-state index contributed by atoms with van der Waals surface area (Å²) in [6, 6.07) is 15.3. The summed E-state index contributed by atoms with van der Waals surface area (Å²) in [5, 5.41) is 5.11. The molecule has 0 unspecified atom stereocenters. The summed E-state index contributed by atoms with van der Waals surface area (Å²) in [6.07, 6.45) is 3.51. The van der Waals surface area contributed by atoms with Gasteiger partial charge >= 0.3 is 0 Å². The predicted molar refractivity (Wildman–Crippen MR) is 92.5 cm³/mol. The average Bonchev–Trinajstić information content (AvgIpc) is 2.91. The van der Waals surface area contributed by atoms with Crippen molar-refractivity contribution in [2.75, 3.05) is 0 Å². The van der Waals surface area contributed by atoms with Gasteiger partial charge in [-0.15, -0.1) is 0 Å². The summed E-state index contributed by atoms with van der Waals surface area (Å²) in [5.41, 5.74) is 5.16. The highest BCUT2D eigenvalue weighted by Crippen LogP contribution is 2.15. The molecule has 0 aliphatic heterocycles. The lowest BCUT2D eigenvalue weighted by Gasteiger charge is -2.01. The van der Waals surface area contributed by atoms with Crippen LogP contribution in [0.2, 0.25) is 0 Å². The van der Waals surface area contributed by atoms with Gasteiger partial charge in [0.15, 0.2) is 0 Å². The van der Waals surface area contributed by atoms with Gasteiger partial charge in [-0.3, -0.25) is 4.79 Å². The predicted octanol–water partition coefficient (Wildman–Crippen LogP) is 3.54. The van der Waals surface area contributed by atoms with Gasteiger partial charge in [-0.25, -0.2) is 5.43 Å². The number of fused-ring (bicyclic) bond motifs is 1. The molecule has 0 radical (unpaired) electrons. The fourth-order valence-electron chi connectivity index (χ4n) is 2.07. The van der Waals surface area contributed by atoms with Crippen LogP contribution in [0.15, 0.2) is 59.8 Å². The van der Waals surface area contributed by atoms with Crippen LogP contribution in [0.25, 0.3) is 10.9 Å². The van der Waals surface area contributed by atoms with Gasteiger partial charge in [0.05, 0.1) is 11.8 Å². The standard InChI is InChI=1S/C16H12IN3O/c17-14-7-3-1-6-13(14)16(21)20-19-10-11-9-18-15-8-4-2-5-12(11)15/h1-10,18H,(H,20,21)/b19-10+. The highest BCUT2D eigenvalue weighted by molar-refractivity contribution is 14.1. The van der Waals surface area contributed by atoms with Crippen molar-refractivity contribution in [1.82, 2.24) is 10.4 Å². The lowest BCUT2D eigenvalue weighted by Crippen LogP contribution is -2.18. The number of rotatable bonds is 3. The van der Waals surface area contributed by atoms with Crippen LogP contribution < -0.4 is 5.43 Å². The van der Waals surface area contributed by atoms with Gasteiger partial charge in [0, 0.05) is 26.2 Å². The molecule has 0 fully saturated rings.